The number of rotatable bonds is 2. The van der Waals surface area contributed by atoms with Crippen molar-refractivity contribution in [1.29, 1.82) is 0 Å². The van der Waals surface area contributed by atoms with E-state index >= 15 is 0 Å². The fourth-order valence-electron chi connectivity index (χ4n) is 2.10. The van der Waals surface area contributed by atoms with Crippen molar-refractivity contribution in [3.05, 3.63) is 59.4 Å². The predicted molar refractivity (Wildman–Crippen MR) is 96.0 cm³/mol. The molecule has 0 unspecified atom stereocenters. The van der Waals surface area contributed by atoms with E-state index in [1.54, 1.807) is 23.7 Å². The van der Waals surface area contributed by atoms with E-state index in [0.29, 0.717) is 6.54 Å². The van der Waals surface area contributed by atoms with Gasteiger partial charge in [0.05, 0.1) is 10.2 Å². The maximum Gasteiger partial charge on any atom is 0.0894 e. The minimum absolute atomic E-state index is 0.552. The van der Waals surface area contributed by atoms with Gasteiger partial charge < -0.3 is 5.73 Å². The van der Waals surface area contributed by atoms with Crippen molar-refractivity contribution in [2.24, 2.45) is 5.73 Å². The largest absolute Gasteiger partial charge is 0.326 e. The number of fused-ring (bicyclic) bond motifs is 1. The SMILES string of the molecule is C=C(C)C.Cc1cc(CN)c2scc(-c3ccncc3)c2n1. The predicted octanol–water partition coefficient (Wildman–Crippen LogP) is 4.71. The Morgan fingerprint density at radius 1 is 1.27 bits per heavy atom. The summed E-state index contributed by atoms with van der Waals surface area (Å²) in [6.07, 6.45) is 3.61. The average molecular weight is 311 g/mol. The Morgan fingerprint density at radius 3 is 2.50 bits per heavy atom. The molecule has 0 amide bonds. The van der Waals surface area contributed by atoms with Gasteiger partial charge in [0.2, 0.25) is 0 Å². The number of hydrogen-bond acceptors (Lipinski definition) is 4. The molecule has 0 aliphatic rings. The summed E-state index contributed by atoms with van der Waals surface area (Å²) in [6, 6.07) is 6.08. The molecular weight excluding hydrogens is 290 g/mol. The summed E-state index contributed by atoms with van der Waals surface area (Å²) in [4.78, 5) is 8.70. The highest BCUT2D eigenvalue weighted by Crippen LogP contribution is 2.34. The van der Waals surface area contributed by atoms with Gasteiger partial charge in [-0.25, -0.2) is 0 Å². The van der Waals surface area contributed by atoms with E-state index in [-0.39, 0.29) is 0 Å². The van der Waals surface area contributed by atoms with Crippen molar-refractivity contribution < 1.29 is 0 Å². The van der Waals surface area contributed by atoms with Crippen LogP contribution in [0.3, 0.4) is 0 Å². The van der Waals surface area contributed by atoms with Crippen LogP contribution in [0.4, 0.5) is 0 Å². The first-order chi connectivity index (χ1) is 10.5. The lowest BCUT2D eigenvalue weighted by Crippen LogP contribution is -1.98. The standard InChI is InChI=1S/C14H13N3S.C4H8/c1-9-6-11(7-15)14-13(17-9)12(8-18-14)10-2-4-16-5-3-10;1-4(2)3/h2-6,8H,7,15H2,1H3;1H2,2-3H3. The summed E-state index contributed by atoms with van der Waals surface area (Å²) in [5.74, 6) is 0. The Bertz CT molecular complexity index is 772. The highest BCUT2D eigenvalue weighted by atomic mass is 32.1. The molecule has 3 aromatic heterocycles. The number of nitrogens with zero attached hydrogens (tertiary/aromatic N) is 2. The van der Waals surface area contributed by atoms with Gasteiger partial charge in [-0.05, 0) is 50.1 Å². The zero-order valence-electron chi connectivity index (χ0n) is 13.3. The molecule has 4 heteroatoms. The minimum Gasteiger partial charge on any atom is -0.326 e. The van der Waals surface area contributed by atoms with Crippen LogP contribution in [0.1, 0.15) is 25.1 Å². The van der Waals surface area contributed by atoms with Crippen molar-refractivity contribution in [2.75, 3.05) is 0 Å². The molecule has 0 aromatic carbocycles. The van der Waals surface area contributed by atoms with E-state index < -0.39 is 0 Å². The first-order valence-corrected chi connectivity index (χ1v) is 8.01. The van der Waals surface area contributed by atoms with Crippen LogP contribution in [0.5, 0.6) is 0 Å². The maximum atomic E-state index is 5.80. The number of aryl methyl sites for hydroxylation is 1. The first-order valence-electron chi connectivity index (χ1n) is 7.13. The minimum atomic E-state index is 0.552. The monoisotopic (exact) mass is 311 g/mol. The van der Waals surface area contributed by atoms with Gasteiger partial charge in [-0.3, -0.25) is 9.97 Å². The van der Waals surface area contributed by atoms with Gasteiger partial charge in [-0.1, -0.05) is 5.57 Å². The number of hydrogen-bond donors (Lipinski definition) is 1. The second-order valence-electron chi connectivity index (χ2n) is 5.40. The second-order valence-corrected chi connectivity index (χ2v) is 6.28. The number of aromatic nitrogens is 2. The third-order valence-corrected chi connectivity index (χ3v) is 3.98. The van der Waals surface area contributed by atoms with Gasteiger partial charge in [-0.2, -0.15) is 0 Å². The molecule has 0 spiro atoms. The van der Waals surface area contributed by atoms with E-state index in [0.717, 1.165) is 22.3 Å². The Hall–Kier alpha value is -2.04. The molecule has 0 saturated heterocycles. The highest BCUT2D eigenvalue weighted by Gasteiger charge is 2.11. The summed E-state index contributed by atoms with van der Waals surface area (Å²) in [6.45, 7) is 10.1. The molecule has 0 fully saturated rings. The van der Waals surface area contributed by atoms with Crippen LogP contribution in [0.15, 0.2) is 48.1 Å². The molecule has 3 heterocycles. The van der Waals surface area contributed by atoms with Gasteiger partial charge in [-0.15, -0.1) is 17.9 Å². The van der Waals surface area contributed by atoms with Crippen LogP contribution in [0, 0.1) is 6.92 Å². The summed E-state index contributed by atoms with van der Waals surface area (Å²) in [5, 5.41) is 2.14. The van der Waals surface area contributed by atoms with Crippen LogP contribution in [0.2, 0.25) is 0 Å². The van der Waals surface area contributed by atoms with Crippen LogP contribution in [-0.2, 0) is 6.54 Å². The quantitative estimate of drug-likeness (QED) is 0.697. The van der Waals surface area contributed by atoms with Gasteiger partial charge in [0.15, 0.2) is 0 Å². The number of allylic oxidation sites excluding steroid dienone is 1. The Balaban J connectivity index is 0.000000396. The van der Waals surface area contributed by atoms with E-state index in [2.05, 4.69) is 28.0 Å². The average Bonchev–Trinajstić information content (AvgIpc) is 2.90. The molecule has 0 aliphatic carbocycles. The zero-order valence-corrected chi connectivity index (χ0v) is 14.1. The smallest absolute Gasteiger partial charge is 0.0894 e. The van der Waals surface area contributed by atoms with Crippen LogP contribution in [-0.4, -0.2) is 9.97 Å². The van der Waals surface area contributed by atoms with Gasteiger partial charge >= 0.3 is 0 Å². The number of pyridine rings is 2. The summed E-state index contributed by atoms with van der Waals surface area (Å²) in [7, 11) is 0. The van der Waals surface area contributed by atoms with E-state index in [4.69, 9.17) is 5.73 Å². The molecule has 0 aliphatic heterocycles. The molecule has 22 heavy (non-hydrogen) atoms. The van der Waals surface area contributed by atoms with Crippen molar-refractivity contribution >= 4 is 21.6 Å². The molecule has 0 saturated carbocycles. The third-order valence-electron chi connectivity index (χ3n) is 2.94. The van der Waals surface area contributed by atoms with Crippen molar-refractivity contribution in [1.82, 2.24) is 9.97 Å². The van der Waals surface area contributed by atoms with Gasteiger partial charge in [0.25, 0.3) is 0 Å². The van der Waals surface area contributed by atoms with Gasteiger partial charge in [0, 0.05) is 35.6 Å². The van der Waals surface area contributed by atoms with E-state index in [1.165, 1.54) is 15.8 Å². The summed E-state index contributed by atoms with van der Waals surface area (Å²) in [5.41, 5.74) is 12.5. The highest BCUT2D eigenvalue weighted by molar-refractivity contribution is 7.17. The molecular formula is C18H21N3S. The summed E-state index contributed by atoms with van der Waals surface area (Å²) < 4.78 is 1.19. The normalized spacial score (nSPS) is 10.2. The van der Waals surface area contributed by atoms with Crippen molar-refractivity contribution in [3.63, 3.8) is 0 Å². The first kappa shape index (κ1) is 16.3. The third kappa shape index (κ3) is 3.78. The number of nitrogens with two attached hydrogens (primary N) is 1. The Morgan fingerprint density at radius 2 is 1.91 bits per heavy atom. The zero-order chi connectivity index (χ0) is 16.1. The maximum absolute atomic E-state index is 5.80. The molecule has 0 atom stereocenters. The lowest BCUT2D eigenvalue weighted by Gasteiger charge is -2.03. The molecule has 3 rings (SSSR count). The Labute approximate surface area is 135 Å². The number of thiophene rings is 1. The van der Waals surface area contributed by atoms with E-state index in [9.17, 15) is 0 Å². The lowest BCUT2D eigenvalue weighted by atomic mass is 10.1. The van der Waals surface area contributed by atoms with Gasteiger partial charge in [0.1, 0.15) is 0 Å². The van der Waals surface area contributed by atoms with Crippen LogP contribution < -0.4 is 5.73 Å². The lowest BCUT2D eigenvalue weighted by molar-refractivity contribution is 1.07. The molecule has 114 valence electrons. The van der Waals surface area contributed by atoms with Crippen molar-refractivity contribution in [3.8, 4) is 11.1 Å². The molecule has 0 bridgehead atoms. The molecule has 3 aromatic rings. The molecule has 0 radical (unpaired) electrons. The topological polar surface area (TPSA) is 51.8 Å². The fraction of sp³-hybridized carbons (Fsp3) is 0.222. The van der Waals surface area contributed by atoms with Crippen LogP contribution >= 0.6 is 11.3 Å². The Kier molecular flexibility index (Phi) is 5.41. The summed E-state index contributed by atoms with van der Waals surface area (Å²) >= 11 is 1.71. The fourth-order valence-corrected chi connectivity index (χ4v) is 3.15. The van der Waals surface area contributed by atoms with Crippen molar-refractivity contribution in [2.45, 2.75) is 27.3 Å². The second kappa shape index (κ2) is 7.29. The van der Waals surface area contributed by atoms with E-state index in [1.807, 2.05) is 32.9 Å². The molecule has 3 nitrogen and oxygen atoms in total. The molecule has 2 N–H and O–H groups in total. The van der Waals surface area contributed by atoms with Crippen LogP contribution in [0.25, 0.3) is 21.3 Å².